The minimum Gasteiger partial charge on any atom is -0.459 e. The number of carbonyl (C=O) groups excluding carboxylic acids is 1. The van der Waals surface area contributed by atoms with Crippen molar-refractivity contribution in [2.75, 3.05) is 0 Å². The second kappa shape index (κ2) is 7.58. The summed E-state index contributed by atoms with van der Waals surface area (Å²) in [5, 5.41) is 6.73. The Morgan fingerprint density at radius 2 is 1.52 bits per heavy atom. The van der Waals surface area contributed by atoms with Crippen LogP contribution in [0.5, 0.6) is 0 Å². The molecule has 1 aromatic heterocycles. The molecular formula is C22H20N2O3. The van der Waals surface area contributed by atoms with Crippen molar-refractivity contribution in [3.8, 4) is 22.4 Å². The Balaban J connectivity index is 1.89. The van der Waals surface area contributed by atoms with Crippen molar-refractivity contribution < 1.29 is 9.53 Å². The molecule has 2 aromatic carbocycles. The van der Waals surface area contributed by atoms with Crippen molar-refractivity contribution in [2.45, 2.75) is 31.8 Å². The molecule has 0 saturated heterocycles. The maximum Gasteiger partial charge on any atom is 0.344 e. The first-order valence-electron chi connectivity index (χ1n) is 9.18. The average Bonchev–Trinajstić information content (AvgIpc) is 3.22. The summed E-state index contributed by atoms with van der Waals surface area (Å²) in [4.78, 5) is 25.5. The van der Waals surface area contributed by atoms with E-state index in [-0.39, 0.29) is 11.7 Å². The number of aromatic nitrogens is 2. The van der Waals surface area contributed by atoms with Gasteiger partial charge in [-0.1, -0.05) is 60.7 Å². The molecule has 1 fully saturated rings. The van der Waals surface area contributed by atoms with E-state index >= 15 is 0 Å². The molecule has 27 heavy (non-hydrogen) atoms. The van der Waals surface area contributed by atoms with Crippen LogP contribution in [-0.4, -0.2) is 22.3 Å². The quantitative estimate of drug-likeness (QED) is 0.708. The van der Waals surface area contributed by atoms with Crippen molar-refractivity contribution >= 4 is 5.97 Å². The van der Waals surface area contributed by atoms with Gasteiger partial charge in [-0.25, -0.2) is 9.89 Å². The van der Waals surface area contributed by atoms with E-state index in [0.29, 0.717) is 11.3 Å². The third-order valence-electron chi connectivity index (χ3n) is 4.87. The van der Waals surface area contributed by atoms with Crippen LogP contribution in [0.15, 0.2) is 65.5 Å². The van der Waals surface area contributed by atoms with Crippen molar-refractivity contribution in [1.82, 2.24) is 10.2 Å². The SMILES string of the molecule is O=C(OC1CCCC1)c1c(-c2ccccc2)c(-c2ccccc2)n[nH]c1=O. The van der Waals surface area contributed by atoms with E-state index < -0.39 is 11.5 Å². The van der Waals surface area contributed by atoms with Crippen LogP contribution in [0.2, 0.25) is 0 Å². The lowest BCUT2D eigenvalue weighted by molar-refractivity contribution is 0.0316. The smallest absolute Gasteiger partial charge is 0.344 e. The Morgan fingerprint density at radius 1 is 0.926 bits per heavy atom. The van der Waals surface area contributed by atoms with Gasteiger partial charge in [0.2, 0.25) is 0 Å². The molecule has 1 aliphatic rings. The second-order valence-corrected chi connectivity index (χ2v) is 6.70. The molecule has 136 valence electrons. The lowest BCUT2D eigenvalue weighted by Crippen LogP contribution is -2.25. The van der Waals surface area contributed by atoms with Crippen LogP contribution in [0.3, 0.4) is 0 Å². The molecule has 0 unspecified atom stereocenters. The van der Waals surface area contributed by atoms with Gasteiger partial charge < -0.3 is 4.74 Å². The first-order chi connectivity index (χ1) is 13.2. The summed E-state index contributed by atoms with van der Waals surface area (Å²) >= 11 is 0. The molecule has 1 aliphatic carbocycles. The van der Waals surface area contributed by atoms with Gasteiger partial charge in [-0.2, -0.15) is 5.10 Å². The molecule has 0 atom stereocenters. The maximum atomic E-state index is 12.9. The lowest BCUT2D eigenvalue weighted by atomic mass is 9.95. The van der Waals surface area contributed by atoms with Gasteiger partial charge in [0, 0.05) is 11.1 Å². The van der Waals surface area contributed by atoms with Crippen molar-refractivity contribution in [2.24, 2.45) is 0 Å². The van der Waals surface area contributed by atoms with Crippen LogP contribution in [0.4, 0.5) is 0 Å². The highest BCUT2D eigenvalue weighted by molar-refractivity contribution is 6.00. The van der Waals surface area contributed by atoms with E-state index in [0.717, 1.165) is 36.8 Å². The number of rotatable bonds is 4. The number of esters is 1. The second-order valence-electron chi connectivity index (χ2n) is 6.70. The molecule has 4 rings (SSSR count). The van der Waals surface area contributed by atoms with E-state index in [9.17, 15) is 9.59 Å². The predicted molar refractivity (Wildman–Crippen MR) is 103 cm³/mol. The van der Waals surface area contributed by atoms with Crippen LogP contribution in [-0.2, 0) is 4.74 Å². The fourth-order valence-electron chi connectivity index (χ4n) is 3.55. The fourth-order valence-corrected chi connectivity index (χ4v) is 3.55. The van der Waals surface area contributed by atoms with Gasteiger partial charge in [0.25, 0.3) is 5.56 Å². The third-order valence-corrected chi connectivity index (χ3v) is 4.87. The summed E-state index contributed by atoms with van der Waals surface area (Å²) in [5.41, 5.74) is 2.13. The molecule has 1 saturated carbocycles. The number of nitrogens with zero attached hydrogens (tertiary/aromatic N) is 1. The van der Waals surface area contributed by atoms with Crippen LogP contribution < -0.4 is 5.56 Å². The molecule has 5 nitrogen and oxygen atoms in total. The van der Waals surface area contributed by atoms with Gasteiger partial charge in [0.1, 0.15) is 11.7 Å². The number of hydrogen-bond donors (Lipinski definition) is 1. The number of aromatic amines is 1. The van der Waals surface area contributed by atoms with Crippen molar-refractivity contribution in [3.63, 3.8) is 0 Å². The highest BCUT2D eigenvalue weighted by Crippen LogP contribution is 2.32. The number of ether oxygens (including phenoxy) is 1. The van der Waals surface area contributed by atoms with Gasteiger partial charge in [-0.05, 0) is 31.2 Å². The first kappa shape index (κ1) is 17.2. The maximum absolute atomic E-state index is 12.9. The number of H-pyrrole nitrogens is 1. The van der Waals surface area contributed by atoms with E-state index in [2.05, 4.69) is 10.2 Å². The zero-order valence-corrected chi connectivity index (χ0v) is 14.9. The third kappa shape index (κ3) is 3.53. The molecule has 0 bridgehead atoms. The minimum absolute atomic E-state index is 0.0157. The number of benzene rings is 2. The van der Waals surface area contributed by atoms with E-state index in [4.69, 9.17) is 4.74 Å². The lowest BCUT2D eigenvalue weighted by Gasteiger charge is -2.15. The molecule has 3 aromatic rings. The summed E-state index contributed by atoms with van der Waals surface area (Å²) in [5.74, 6) is -0.582. The summed E-state index contributed by atoms with van der Waals surface area (Å²) in [6.07, 6.45) is 3.67. The topological polar surface area (TPSA) is 72.0 Å². The van der Waals surface area contributed by atoms with Crippen LogP contribution >= 0.6 is 0 Å². The zero-order valence-electron chi connectivity index (χ0n) is 14.9. The average molecular weight is 360 g/mol. The van der Waals surface area contributed by atoms with Gasteiger partial charge in [-0.3, -0.25) is 4.79 Å². The molecular weight excluding hydrogens is 340 g/mol. The molecule has 1 heterocycles. The van der Waals surface area contributed by atoms with Crippen LogP contribution in [0.1, 0.15) is 36.0 Å². The van der Waals surface area contributed by atoms with E-state index in [1.54, 1.807) is 0 Å². The molecule has 0 radical (unpaired) electrons. The van der Waals surface area contributed by atoms with Crippen LogP contribution in [0, 0.1) is 0 Å². The van der Waals surface area contributed by atoms with Gasteiger partial charge in [0.15, 0.2) is 0 Å². The zero-order chi connectivity index (χ0) is 18.6. The standard InChI is InChI=1S/C22H20N2O3/c25-21-19(22(26)27-17-13-7-8-14-17)18(15-9-3-1-4-10-15)20(23-24-21)16-11-5-2-6-12-16/h1-6,9-12,17H,7-8,13-14H2,(H,24,25). The number of nitrogens with one attached hydrogen (secondary N) is 1. The number of hydrogen-bond acceptors (Lipinski definition) is 4. The summed E-state index contributed by atoms with van der Waals surface area (Å²) in [7, 11) is 0. The van der Waals surface area contributed by atoms with Gasteiger partial charge in [-0.15, -0.1) is 0 Å². The Bertz CT molecular complexity index is 991. The summed E-state index contributed by atoms with van der Waals surface area (Å²) in [6.45, 7) is 0. The Morgan fingerprint density at radius 3 is 2.15 bits per heavy atom. The van der Waals surface area contributed by atoms with E-state index in [1.807, 2.05) is 60.7 Å². The monoisotopic (exact) mass is 360 g/mol. The first-order valence-corrected chi connectivity index (χ1v) is 9.18. The van der Waals surface area contributed by atoms with Gasteiger partial charge in [0.05, 0.1) is 5.69 Å². The molecule has 0 spiro atoms. The largest absolute Gasteiger partial charge is 0.459 e. The summed E-state index contributed by atoms with van der Waals surface area (Å²) in [6, 6.07) is 18.9. The number of carbonyl (C=O) groups is 1. The molecule has 0 aliphatic heterocycles. The Hall–Kier alpha value is -3.21. The fraction of sp³-hybridized carbons (Fsp3) is 0.227. The van der Waals surface area contributed by atoms with E-state index in [1.165, 1.54) is 0 Å². The predicted octanol–water partition coefficient (Wildman–Crippen LogP) is 4.20. The normalized spacial score (nSPS) is 14.2. The molecule has 0 amide bonds. The Kier molecular flexibility index (Phi) is 4.83. The highest BCUT2D eigenvalue weighted by atomic mass is 16.5. The van der Waals surface area contributed by atoms with Gasteiger partial charge >= 0.3 is 5.97 Å². The van der Waals surface area contributed by atoms with Crippen molar-refractivity contribution in [3.05, 3.63) is 76.6 Å². The van der Waals surface area contributed by atoms with Crippen molar-refractivity contribution in [1.29, 1.82) is 0 Å². The summed E-state index contributed by atoms with van der Waals surface area (Å²) < 4.78 is 5.64. The minimum atomic E-state index is -0.582. The molecule has 5 heteroatoms. The Labute approximate surface area is 157 Å². The highest BCUT2D eigenvalue weighted by Gasteiger charge is 2.27. The van der Waals surface area contributed by atoms with Crippen LogP contribution in [0.25, 0.3) is 22.4 Å². The molecule has 1 N–H and O–H groups in total.